The van der Waals surface area contributed by atoms with Gasteiger partial charge in [-0.2, -0.15) is 0 Å². The van der Waals surface area contributed by atoms with Crippen molar-refractivity contribution in [2.45, 2.75) is 354 Å². The summed E-state index contributed by atoms with van der Waals surface area (Å²) in [7, 11) is 1.14. The van der Waals surface area contributed by atoms with E-state index in [-0.39, 0.29) is 32.0 Å². The zero-order chi connectivity index (χ0) is 75.4. The predicted molar refractivity (Wildman–Crippen MR) is 452 cm³/mol. The summed E-state index contributed by atoms with van der Waals surface area (Å²) in [4.78, 5) is 38.2. The van der Waals surface area contributed by atoms with Crippen LogP contribution in [0.3, 0.4) is 0 Å². The van der Waals surface area contributed by atoms with Crippen molar-refractivity contribution in [2.24, 2.45) is 0 Å². The van der Waals surface area contributed by atoms with Crippen LogP contribution in [-0.2, 0) is 32.7 Å². The lowest BCUT2D eigenvalue weighted by Gasteiger charge is -2.28. The number of quaternary nitrogens is 1. The van der Waals surface area contributed by atoms with E-state index < -0.39 is 26.5 Å². The highest BCUT2D eigenvalue weighted by Crippen LogP contribution is 2.38. The number of phosphoric ester groups is 1. The van der Waals surface area contributed by atoms with E-state index in [1.54, 1.807) is 0 Å². The third kappa shape index (κ3) is 86.0. The topological polar surface area (TPSA) is 111 Å². The average molecular weight is 1460 g/mol. The molecule has 0 heterocycles. The Kier molecular flexibility index (Phi) is 78.3. The molecule has 0 fully saturated rings. The standard InChI is InChI=1S/C94H158NO8P/c1-6-8-10-12-14-16-18-20-22-24-26-28-30-32-34-36-38-40-42-44-46-47-49-50-52-54-56-58-60-62-64-66-68-70-72-74-76-78-80-82-84-86-93(96)100-90-92(91-102-104(98,99)101-89-88-95(3,4)5)103-94(97)87-85-83-81-79-77-75-73-71-69-67-65-63-61-59-57-55-53-51-48-45-43-41-39-37-35-33-31-29-27-25-23-21-19-17-15-13-11-9-7-2/h8-11,14-17,20-23,26-29,33,35,39,41,45,48,53,55,59,61,65,67,71,73,92H,6-7,12-13,18-19,24-25,30-32,34,36-38,40,42-44,46-47,49-52,54,56-58,60,62-64,66,68-70,72,74-91H2,1-5H3/b10-8-,11-9-,16-14-,17-15-,22-20-,23-21-,28-26-,29-27-,35-33-,41-39-,48-45-,55-53-,61-59-,67-65-,73-71-. The molecule has 2 unspecified atom stereocenters. The first-order valence-corrected chi connectivity index (χ1v) is 44.0. The van der Waals surface area contributed by atoms with Crippen LogP contribution in [0.25, 0.3) is 0 Å². The first kappa shape index (κ1) is 99.1. The Hall–Kier alpha value is -4.89. The van der Waals surface area contributed by atoms with Crippen LogP contribution in [0, 0.1) is 0 Å². The zero-order valence-corrected chi connectivity index (χ0v) is 68.6. The Bertz CT molecular complexity index is 2420. The van der Waals surface area contributed by atoms with Gasteiger partial charge in [-0.3, -0.25) is 14.2 Å². The van der Waals surface area contributed by atoms with Crippen molar-refractivity contribution in [2.75, 3.05) is 47.5 Å². The predicted octanol–water partition coefficient (Wildman–Crippen LogP) is 28.3. The van der Waals surface area contributed by atoms with Gasteiger partial charge >= 0.3 is 11.9 Å². The molecule has 0 aromatic rings. The average Bonchev–Trinajstić information content (AvgIpc) is 0.915. The van der Waals surface area contributed by atoms with Gasteiger partial charge in [-0.25, -0.2) is 0 Å². The molecule has 0 aliphatic rings. The van der Waals surface area contributed by atoms with Gasteiger partial charge in [0.15, 0.2) is 6.10 Å². The number of hydrogen-bond acceptors (Lipinski definition) is 8. The lowest BCUT2D eigenvalue weighted by Crippen LogP contribution is -2.37. The largest absolute Gasteiger partial charge is 0.756 e. The number of phosphoric acid groups is 1. The summed E-state index contributed by atoms with van der Waals surface area (Å²) >= 11 is 0. The van der Waals surface area contributed by atoms with E-state index in [0.717, 1.165) is 148 Å². The molecule has 0 rings (SSSR count). The molecule has 0 aliphatic carbocycles. The molecule has 10 heteroatoms. The van der Waals surface area contributed by atoms with Crippen molar-refractivity contribution >= 4 is 19.8 Å². The maximum Gasteiger partial charge on any atom is 0.306 e. The van der Waals surface area contributed by atoms with Crippen LogP contribution < -0.4 is 4.89 Å². The molecule has 0 amide bonds. The van der Waals surface area contributed by atoms with E-state index in [1.165, 1.54) is 167 Å². The van der Waals surface area contributed by atoms with Gasteiger partial charge < -0.3 is 27.9 Å². The third-order valence-corrected chi connectivity index (χ3v) is 18.9. The molecule has 592 valence electrons. The molecule has 0 saturated heterocycles. The van der Waals surface area contributed by atoms with Crippen molar-refractivity contribution in [1.29, 1.82) is 0 Å². The normalized spacial score (nSPS) is 13.9. The van der Waals surface area contributed by atoms with Crippen molar-refractivity contribution in [3.63, 3.8) is 0 Å². The highest BCUT2D eigenvalue weighted by Gasteiger charge is 2.22. The van der Waals surface area contributed by atoms with Crippen molar-refractivity contribution < 1.29 is 42.1 Å². The molecule has 2 atom stereocenters. The molecule has 0 aromatic heterocycles. The highest BCUT2D eigenvalue weighted by atomic mass is 31.2. The summed E-state index contributed by atoms with van der Waals surface area (Å²) in [6.07, 6.45) is 126. The minimum atomic E-state index is -4.66. The molecule has 0 bridgehead atoms. The zero-order valence-electron chi connectivity index (χ0n) is 67.7. The number of nitrogens with zero attached hydrogens (tertiary/aromatic N) is 1. The fourth-order valence-corrected chi connectivity index (χ4v) is 12.3. The monoisotopic (exact) mass is 1460 g/mol. The van der Waals surface area contributed by atoms with Crippen LogP contribution in [0.5, 0.6) is 0 Å². The molecule has 0 radical (unpaired) electrons. The summed E-state index contributed by atoms with van der Waals surface area (Å²) < 4.78 is 34.4. The van der Waals surface area contributed by atoms with Crippen LogP contribution in [0.4, 0.5) is 0 Å². The molecule has 9 nitrogen and oxygen atoms in total. The quantitative estimate of drug-likeness (QED) is 0.0195. The Balaban J connectivity index is 4.01. The number of rotatable bonds is 77. The van der Waals surface area contributed by atoms with Crippen LogP contribution in [0.15, 0.2) is 182 Å². The summed E-state index contributed by atoms with van der Waals surface area (Å²) in [6, 6.07) is 0. The van der Waals surface area contributed by atoms with Crippen molar-refractivity contribution in [1.82, 2.24) is 0 Å². The fraction of sp³-hybridized carbons (Fsp3) is 0.660. The van der Waals surface area contributed by atoms with Crippen molar-refractivity contribution in [3.8, 4) is 0 Å². The third-order valence-electron chi connectivity index (χ3n) is 17.9. The van der Waals surface area contributed by atoms with Gasteiger partial charge in [0.2, 0.25) is 0 Å². The number of likely N-dealkylation sites (N-methyl/N-ethyl adjacent to an activating group) is 1. The molecule has 0 aromatic carbocycles. The molecular weight excluding hydrogens is 1300 g/mol. The number of ether oxygens (including phenoxy) is 2. The van der Waals surface area contributed by atoms with Crippen molar-refractivity contribution in [3.05, 3.63) is 182 Å². The molecule has 0 aliphatic heterocycles. The van der Waals surface area contributed by atoms with Crippen LogP contribution >= 0.6 is 7.82 Å². The Labute approximate surface area is 641 Å². The number of carbonyl (C=O) groups excluding carboxylic acids is 2. The Morgan fingerprint density at radius 1 is 0.298 bits per heavy atom. The number of hydrogen-bond donors (Lipinski definition) is 0. The van der Waals surface area contributed by atoms with Gasteiger partial charge in [0, 0.05) is 12.8 Å². The molecule has 0 N–H and O–H groups in total. The maximum absolute atomic E-state index is 12.9. The second-order valence-corrected chi connectivity index (χ2v) is 30.5. The van der Waals surface area contributed by atoms with Gasteiger partial charge in [0.25, 0.3) is 7.82 Å². The maximum atomic E-state index is 12.9. The van der Waals surface area contributed by atoms with Gasteiger partial charge in [0.1, 0.15) is 19.8 Å². The first-order chi connectivity index (χ1) is 51.0. The van der Waals surface area contributed by atoms with E-state index in [1.807, 2.05) is 21.1 Å². The van der Waals surface area contributed by atoms with E-state index in [9.17, 15) is 19.0 Å². The number of carbonyl (C=O) groups is 2. The Morgan fingerprint density at radius 3 is 0.769 bits per heavy atom. The van der Waals surface area contributed by atoms with E-state index in [4.69, 9.17) is 18.5 Å². The number of allylic oxidation sites excluding steroid dienone is 30. The smallest absolute Gasteiger partial charge is 0.306 e. The van der Waals surface area contributed by atoms with Crippen LogP contribution in [0.1, 0.15) is 348 Å². The Morgan fingerprint density at radius 2 is 0.519 bits per heavy atom. The minimum Gasteiger partial charge on any atom is -0.756 e. The SMILES string of the molecule is CC/C=C\C/C=C\C/C=C\C/C=C\C/C=C\C/C=C\C/C=C\C/C=C\C/C=C\C/C=C\C/C=C\CCCCCCCC(=O)OC(COC(=O)CCCCCCCCCCCCCCCCCCCCCCCCCCCCCC/C=C\C/C=C\C/C=C\C/C=C\CC)COP(=O)([O-])OCC[N+](C)(C)C. The van der Waals surface area contributed by atoms with Gasteiger partial charge in [-0.1, -0.05) is 382 Å². The molecule has 0 spiro atoms. The fourth-order valence-electron chi connectivity index (χ4n) is 11.5. The summed E-state index contributed by atoms with van der Waals surface area (Å²) in [5.41, 5.74) is 0. The summed E-state index contributed by atoms with van der Waals surface area (Å²) in [6.45, 7) is 4.01. The number of esters is 2. The van der Waals surface area contributed by atoms with Gasteiger partial charge in [-0.05, 0) is 135 Å². The second-order valence-electron chi connectivity index (χ2n) is 29.1. The van der Waals surface area contributed by atoms with Crippen LogP contribution in [0.2, 0.25) is 0 Å². The second kappa shape index (κ2) is 82.2. The highest BCUT2D eigenvalue weighted by molar-refractivity contribution is 7.45. The van der Waals surface area contributed by atoms with E-state index in [2.05, 4.69) is 196 Å². The first-order valence-electron chi connectivity index (χ1n) is 42.5. The van der Waals surface area contributed by atoms with Gasteiger partial charge in [-0.15, -0.1) is 0 Å². The summed E-state index contributed by atoms with van der Waals surface area (Å²) in [5.74, 6) is -0.854. The number of unbranched alkanes of at least 4 members (excludes halogenated alkanes) is 33. The van der Waals surface area contributed by atoms with E-state index in [0.29, 0.717) is 17.4 Å². The lowest BCUT2D eigenvalue weighted by molar-refractivity contribution is -0.870. The molecule has 104 heavy (non-hydrogen) atoms. The molecule has 0 saturated carbocycles. The van der Waals surface area contributed by atoms with E-state index >= 15 is 0 Å². The molecular formula is C94H158NO8P. The lowest BCUT2D eigenvalue weighted by atomic mass is 10.0. The van der Waals surface area contributed by atoms with Crippen LogP contribution in [-0.4, -0.2) is 70.0 Å². The van der Waals surface area contributed by atoms with Gasteiger partial charge in [0.05, 0.1) is 27.7 Å². The summed E-state index contributed by atoms with van der Waals surface area (Å²) in [5, 5.41) is 0. The minimum absolute atomic E-state index is 0.0417.